The Hall–Kier alpha value is -2.87. The summed E-state index contributed by atoms with van der Waals surface area (Å²) >= 11 is 0. The lowest BCUT2D eigenvalue weighted by Crippen LogP contribution is -2.32. The molecule has 1 aliphatic heterocycles. The minimum atomic E-state index is 0.663. The lowest BCUT2D eigenvalue weighted by atomic mass is 9.80. The Balaban J connectivity index is 1.72. The summed E-state index contributed by atoms with van der Waals surface area (Å²) in [5.74, 6) is 2.78. The van der Waals surface area contributed by atoms with Crippen molar-refractivity contribution < 1.29 is 9.30 Å². The van der Waals surface area contributed by atoms with Crippen LogP contribution >= 0.6 is 0 Å². The average molecular weight is 409 g/mol. The molecule has 0 unspecified atom stereocenters. The molecule has 4 aromatic rings. The summed E-state index contributed by atoms with van der Waals surface area (Å²) in [6, 6.07) is 13.5. The van der Waals surface area contributed by atoms with Gasteiger partial charge in [0, 0.05) is 11.6 Å². The van der Waals surface area contributed by atoms with Gasteiger partial charge in [-0.15, -0.1) is 0 Å². The van der Waals surface area contributed by atoms with Gasteiger partial charge in [0.05, 0.1) is 10.9 Å². The molecular weight excluding hydrogens is 378 g/mol. The first-order valence-electron chi connectivity index (χ1n) is 11.7. The van der Waals surface area contributed by atoms with Crippen LogP contribution in [0.5, 0.6) is 11.5 Å². The maximum atomic E-state index is 6.87. The van der Waals surface area contributed by atoms with E-state index in [1.165, 1.54) is 87.2 Å². The van der Waals surface area contributed by atoms with Crippen molar-refractivity contribution in [2.45, 2.75) is 58.8 Å². The van der Waals surface area contributed by atoms with Crippen LogP contribution in [-0.2, 0) is 7.05 Å². The molecule has 1 aliphatic carbocycles. The zero-order valence-electron chi connectivity index (χ0n) is 19.0. The molecule has 1 saturated carbocycles. The highest BCUT2D eigenvalue weighted by Crippen LogP contribution is 2.52. The fourth-order valence-electron chi connectivity index (χ4n) is 6.15. The molecule has 2 heteroatoms. The molecule has 0 atom stereocenters. The highest BCUT2D eigenvalue weighted by Gasteiger charge is 2.34. The lowest BCUT2D eigenvalue weighted by Gasteiger charge is -2.29. The van der Waals surface area contributed by atoms with Crippen molar-refractivity contribution in [3.63, 3.8) is 0 Å². The van der Waals surface area contributed by atoms with Gasteiger partial charge in [-0.25, -0.2) is 4.57 Å². The number of ether oxygens (including phenoxy) is 1. The van der Waals surface area contributed by atoms with E-state index in [9.17, 15) is 0 Å². The molecule has 2 nitrogen and oxygen atoms in total. The summed E-state index contributed by atoms with van der Waals surface area (Å²) in [5, 5.41) is 5.19. The van der Waals surface area contributed by atoms with Gasteiger partial charge in [-0.3, -0.25) is 0 Å². The topological polar surface area (TPSA) is 13.1 Å². The molecule has 0 spiro atoms. The van der Waals surface area contributed by atoms with Gasteiger partial charge in [0.25, 0.3) is 0 Å². The van der Waals surface area contributed by atoms with Crippen molar-refractivity contribution in [3.05, 3.63) is 64.8 Å². The first-order valence-corrected chi connectivity index (χ1v) is 11.7. The Morgan fingerprint density at radius 1 is 0.839 bits per heavy atom. The Kier molecular flexibility index (Phi) is 4.15. The van der Waals surface area contributed by atoms with Crippen molar-refractivity contribution >= 4 is 21.5 Å². The summed E-state index contributed by atoms with van der Waals surface area (Å²) in [6.07, 6.45) is 8.91. The molecule has 1 fully saturated rings. The fraction of sp³-hybridized carbons (Fsp3) is 0.345. The Labute approximate surface area is 184 Å². The molecule has 0 radical (unpaired) electrons. The van der Waals surface area contributed by atoms with Crippen LogP contribution in [0, 0.1) is 20.8 Å². The molecule has 2 aliphatic rings. The van der Waals surface area contributed by atoms with E-state index in [1.54, 1.807) is 0 Å². The predicted octanol–water partition coefficient (Wildman–Crippen LogP) is 7.56. The molecule has 3 aromatic carbocycles. The molecule has 0 amide bonds. The molecule has 2 heterocycles. The maximum absolute atomic E-state index is 6.87. The van der Waals surface area contributed by atoms with Gasteiger partial charge in [-0.05, 0) is 78.4 Å². The highest BCUT2D eigenvalue weighted by atomic mass is 16.5. The first-order chi connectivity index (χ1) is 15.1. The highest BCUT2D eigenvalue weighted by molar-refractivity contribution is 6.07. The molecular formula is C29H30NO+. The number of aromatic nitrogens is 1. The van der Waals surface area contributed by atoms with E-state index in [4.69, 9.17) is 4.74 Å². The van der Waals surface area contributed by atoms with E-state index in [2.05, 4.69) is 75.0 Å². The van der Waals surface area contributed by atoms with Crippen LogP contribution in [-0.4, -0.2) is 0 Å². The van der Waals surface area contributed by atoms with E-state index in [-0.39, 0.29) is 0 Å². The third-order valence-corrected chi connectivity index (χ3v) is 7.83. The number of rotatable bonds is 1. The van der Waals surface area contributed by atoms with Gasteiger partial charge < -0.3 is 4.74 Å². The van der Waals surface area contributed by atoms with E-state index >= 15 is 0 Å². The van der Waals surface area contributed by atoms with Crippen LogP contribution in [0.1, 0.15) is 60.3 Å². The van der Waals surface area contributed by atoms with E-state index in [1.807, 2.05) is 0 Å². The number of nitrogens with zero attached hydrogens (tertiary/aromatic N) is 1. The van der Waals surface area contributed by atoms with Gasteiger partial charge in [-0.1, -0.05) is 43.5 Å². The Bertz CT molecular complexity index is 1380. The number of pyridine rings is 1. The fourth-order valence-corrected chi connectivity index (χ4v) is 6.15. The van der Waals surface area contributed by atoms with Gasteiger partial charge >= 0.3 is 0 Å². The first kappa shape index (κ1) is 18.9. The number of aryl methyl sites for hydroxylation is 3. The maximum Gasteiger partial charge on any atom is 0.228 e. The van der Waals surface area contributed by atoms with Crippen LogP contribution in [0.15, 0.2) is 42.6 Å². The summed E-state index contributed by atoms with van der Waals surface area (Å²) < 4.78 is 9.16. The van der Waals surface area contributed by atoms with E-state index in [0.717, 1.165) is 11.5 Å². The van der Waals surface area contributed by atoms with Crippen molar-refractivity contribution in [3.8, 4) is 22.8 Å². The van der Waals surface area contributed by atoms with Gasteiger partial charge in [0.2, 0.25) is 5.69 Å². The number of benzene rings is 3. The quantitative estimate of drug-likeness (QED) is 0.261. The molecule has 31 heavy (non-hydrogen) atoms. The van der Waals surface area contributed by atoms with Crippen molar-refractivity contribution in [1.82, 2.24) is 0 Å². The smallest absolute Gasteiger partial charge is 0.228 e. The molecule has 0 N–H and O–H groups in total. The van der Waals surface area contributed by atoms with Crippen molar-refractivity contribution in [1.29, 1.82) is 0 Å². The second-order valence-electron chi connectivity index (χ2n) is 9.60. The van der Waals surface area contributed by atoms with Crippen LogP contribution in [0.2, 0.25) is 0 Å². The minimum absolute atomic E-state index is 0.663. The average Bonchev–Trinajstić information content (AvgIpc) is 2.81. The molecule has 0 saturated heterocycles. The van der Waals surface area contributed by atoms with Crippen molar-refractivity contribution in [2.75, 3.05) is 0 Å². The summed E-state index contributed by atoms with van der Waals surface area (Å²) in [4.78, 5) is 0. The molecule has 0 bridgehead atoms. The molecule has 1 aromatic heterocycles. The van der Waals surface area contributed by atoms with E-state index in [0.29, 0.717) is 5.92 Å². The Morgan fingerprint density at radius 3 is 2.29 bits per heavy atom. The SMILES string of the molecule is Cc1c(C2CCCCC2)cc2cc[n+](C)c3c2c1Oc1c-3c(C)c2ccccc2c1C. The number of fused-ring (bicyclic) bond motifs is 3. The van der Waals surface area contributed by atoms with Gasteiger partial charge in [-0.2, -0.15) is 0 Å². The molecule has 156 valence electrons. The van der Waals surface area contributed by atoms with Crippen LogP contribution < -0.4 is 9.30 Å². The largest absolute Gasteiger partial charge is 0.455 e. The monoisotopic (exact) mass is 408 g/mol. The lowest BCUT2D eigenvalue weighted by molar-refractivity contribution is -0.659. The summed E-state index contributed by atoms with van der Waals surface area (Å²) in [5.41, 5.74) is 7.92. The van der Waals surface area contributed by atoms with Crippen LogP contribution in [0.25, 0.3) is 32.8 Å². The zero-order valence-corrected chi connectivity index (χ0v) is 19.0. The van der Waals surface area contributed by atoms with Gasteiger partial charge in [0.1, 0.15) is 18.5 Å². The second-order valence-corrected chi connectivity index (χ2v) is 9.60. The summed E-state index contributed by atoms with van der Waals surface area (Å²) in [6.45, 7) is 6.74. The third kappa shape index (κ3) is 2.60. The predicted molar refractivity (Wildman–Crippen MR) is 128 cm³/mol. The zero-order chi connectivity index (χ0) is 21.3. The number of hydrogen-bond acceptors (Lipinski definition) is 1. The minimum Gasteiger partial charge on any atom is -0.455 e. The van der Waals surface area contributed by atoms with E-state index < -0.39 is 0 Å². The Morgan fingerprint density at radius 2 is 1.55 bits per heavy atom. The van der Waals surface area contributed by atoms with Gasteiger partial charge in [0.15, 0.2) is 6.20 Å². The number of hydrogen-bond donors (Lipinski definition) is 0. The third-order valence-electron chi connectivity index (χ3n) is 7.83. The van der Waals surface area contributed by atoms with Crippen molar-refractivity contribution in [2.24, 2.45) is 7.05 Å². The normalized spacial score (nSPS) is 15.9. The second kappa shape index (κ2) is 6.82. The van der Waals surface area contributed by atoms with Crippen LogP contribution in [0.4, 0.5) is 0 Å². The summed E-state index contributed by atoms with van der Waals surface area (Å²) in [7, 11) is 2.17. The van der Waals surface area contributed by atoms with Crippen LogP contribution in [0.3, 0.4) is 0 Å². The standard InChI is InChI=1S/C29H30NO/c1-17-22-12-8-9-13-23(22)18(2)28-25(17)27-26-21(14-15-30(27)4)16-24(19(3)29(26)31-28)20-10-6-5-7-11-20/h8-9,12-16,20H,5-7,10-11H2,1-4H3/q+1. The molecule has 6 rings (SSSR count).